The van der Waals surface area contributed by atoms with Gasteiger partial charge >= 0.3 is 0 Å². The molecule has 0 aromatic rings. The molecular formula is C8H10N2O2. The van der Waals surface area contributed by atoms with E-state index in [0.29, 0.717) is 13.0 Å². The van der Waals surface area contributed by atoms with Crippen molar-refractivity contribution in [3.8, 4) is 6.07 Å². The number of nitriles is 1. The predicted octanol–water partition coefficient (Wildman–Crippen LogP) is -0.0287. The molecule has 0 bridgehead atoms. The van der Waals surface area contributed by atoms with Crippen molar-refractivity contribution in [3.63, 3.8) is 0 Å². The van der Waals surface area contributed by atoms with Crippen LogP contribution in [0.1, 0.15) is 6.42 Å². The summed E-state index contributed by atoms with van der Waals surface area (Å²) >= 11 is 0. The summed E-state index contributed by atoms with van der Waals surface area (Å²) in [4.78, 5) is 10.9. The zero-order valence-corrected chi connectivity index (χ0v) is 6.67. The number of carbonyl (C=O) groups is 1. The summed E-state index contributed by atoms with van der Waals surface area (Å²) in [6, 6.07) is 2.04. The molecule has 0 aromatic carbocycles. The third-order valence-corrected chi connectivity index (χ3v) is 1.78. The molecule has 1 unspecified atom stereocenters. The molecule has 0 radical (unpaired) electrons. The molecule has 0 saturated carbocycles. The molecule has 1 fully saturated rings. The smallest absolute Gasteiger partial charge is 0.244 e. The van der Waals surface area contributed by atoms with E-state index in [1.54, 1.807) is 0 Å². The predicted molar refractivity (Wildman–Crippen MR) is 42.1 cm³/mol. The van der Waals surface area contributed by atoms with Crippen molar-refractivity contribution in [2.24, 2.45) is 0 Å². The normalized spacial score (nSPS) is 27.6. The highest BCUT2D eigenvalue weighted by Crippen LogP contribution is 2.17. The lowest BCUT2D eigenvalue weighted by molar-refractivity contribution is -0.117. The summed E-state index contributed by atoms with van der Waals surface area (Å²) in [5.74, 6) is -0.331. The number of nitrogens with one attached hydrogen (secondary N) is 1. The van der Waals surface area contributed by atoms with Crippen LogP contribution in [0.25, 0.3) is 0 Å². The van der Waals surface area contributed by atoms with Gasteiger partial charge in [0.05, 0.1) is 19.3 Å². The average molecular weight is 166 g/mol. The molecule has 1 N–H and O–H groups in total. The van der Waals surface area contributed by atoms with E-state index in [-0.39, 0.29) is 12.5 Å². The first-order valence-corrected chi connectivity index (χ1v) is 3.66. The molecule has 0 aromatic heterocycles. The number of hydrogen-bond donors (Lipinski definition) is 1. The number of rotatable bonds is 2. The minimum Gasteiger partial charge on any atom is -0.378 e. The van der Waals surface area contributed by atoms with Gasteiger partial charge in [-0.3, -0.25) is 4.79 Å². The molecule has 1 heterocycles. The fourth-order valence-corrected chi connectivity index (χ4v) is 1.07. The second-order valence-electron chi connectivity index (χ2n) is 2.69. The second-order valence-corrected chi connectivity index (χ2v) is 2.69. The summed E-state index contributed by atoms with van der Waals surface area (Å²) in [5, 5.41) is 11.3. The number of amides is 1. The lowest BCUT2D eigenvalue weighted by Gasteiger charge is -2.18. The minimum absolute atomic E-state index is 0.267. The van der Waals surface area contributed by atoms with Gasteiger partial charge in [-0.25, -0.2) is 0 Å². The molecule has 4 heteroatoms. The van der Waals surface area contributed by atoms with Gasteiger partial charge in [0.1, 0.15) is 0 Å². The monoisotopic (exact) mass is 166 g/mol. The number of hydrogen-bond acceptors (Lipinski definition) is 3. The van der Waals surface area contributed by atoms with E-state index in [1.807, 2.05) is 6.07 Å². The van der Waals surface area contributed by atoms with Crippen molar-refractivity contribution in [1.82, 2.24) is 5.32 Å². The summed E-state index contributed by atoms with van der Waals surface area (Å²) in [5.41, 5.74) is -0.828. The van der Waals surface area contributed by atoms with Crippen molar-refractivity contribution in [3.05, 3.63) is 12.7 Å². The molecule has 0 spiro atoms. The van der Waals surface area contributed by atoms with Crippen LogP contribution in [0.15, 0.2) is 12.7 Å². The Balaban J connectivity index is 2.63. The van der Waals surface area contributed by atoms with Crippen molar-refractivity contribution in [2.45, 2.75) is 12.0 Å². The van der Waals surface area contributed by atoms with E-state index in [9.17, 15) is 4.79 Å². The van der Waals surface area contributed by atoms with E-state index in [4.69, 9.17) is 10.00 Å². The van der Waals surface area contributed by atoms with Gasteiger partial charge in [-0.15, -0.1) is 0 Å². The largest absolute Gasteiger partial charge is 0.378 e. The second kappa shape index (κ2) is 3.37. The molecule has 12 heavy (non-hydrogen) atoms. The van der Waals surface area contributed by atoms with Crippen LogP contribution in [0.2, 0.25) is 0 Å². The van der Waals surface area contributed by atoms with Gasteiger partial charge in [0.2, 0.25) is 5.91 Å². The van der Waals surface area contributed by atoms with Gasteiger partial charge in [0.25, 0.3) is 0 Å². The Morgan fingerprint density at radius 1 is 1.83 bits per heavy atom. The van der Waals surface area contributed by atoms with E-state index < -0.39 is 5.54 Å². The Labute approximate surface area is 70.8 Å². The van der Waals surface area contributed by atoms with Gasteiger partial charge in [-0.1, -0.05) is 6.58 Å². The van der Waals surface area contributed by atoms with Crippen LogP contribution in [-0.2, 0) is 9.53 Å². The van der Waals surface area contributed by atoms with Crippen LogP contribution in [0.3, 0.4) is 0 Å². The maximum atomic E-state index is 10.9. The molecule has 1 amide bonds. The summed E-state index contributed by atoms with van der Waals surface area (Å²) in [6.45, 7) is 4.09. The van der Waals surface area contributed by atoms with Crippen LogP contribution < -0.4 is 5.32 Å². The molecular weight excluding hydrogens is 156 g/mol. The van der Waals surface area contributed by atoms with Crippen LogP contribution in [0.5, 0.6) is 0 Å². The van der Waals surface area contributed by atoms with Crippen molar-refractivity contribution < 1.29 is 9.53 Å². The van der Waals surface area contributed by atoms with Gasteiger partial charge in [-0.2, -0.15) is 5.26 Å². The SMILES string of the molecule is C=CC(=O)NC1(C#N)CCOC1. The molecule has 1 atom stereocenters. The Morgan fingerprint density at radius 3 is 3.00 bits per heavy atom. The summed E-state index contributed by atoms with van der Waals surface area (Å²) in [6.07, 6.45) is 1.69. The highest BCUT2D eigenvalue weighted by Gasteiger charge is 2.35. The Morgan fingerprint density at radius 2 is 2.58 bits per heavy atom. The Kier molecular flexibility index (Phi) is 2.46. The third kappa shape index (κ3) is 1.63. The van der Waals surface area contributed by atoms with E-state index >= 15 is 0 Å². The highest BCUT2D eigenvalue weighted by atomic mass is 16.5. The minimum atomic E-state index is -0.828. The quantitative estimate of drug-likeness (QED) is 0.586. The van der Waals surface area contributed by atoms with E-state index in [2.05, 4.69) is 11.9 Å². The topological polar surface area (TPSA) is 62.1 Å². The first kappa shape index (κ1) is 8.75. The fraction of sp³-hybridized carbons (Fsp3) is 0.500. The maximum Gasteiger partial charge on any atom is 0.244 e. The lowest BCUT2D eigenvalue weighted by Crippen LogP contribution is -2.47. The van der Waals surface area contributed by atoms with E-state index in [1.165, 1.54) is 0 Å². The number of ether oxygens (including phenoxy) is 1. The van der Waals surface area contributed by atoms with Gasteiger partial charge in [-0.05, 0) is 6.08 Å². The van der Waals surface area contributed by atoms with Crippen LogP contribution in [0.4, 0.5) is 0 Å². The molecule has 1 saturated heterocycles. The Hall–Kier alpha value is -1.34. The zero-order valence-electron chi connectivity index (χ0n) is 6.67. The standard InChI is InChI=1S/C8H10N2O2/c1-2-7(11)10-8(5-9)3-4-12-6-8/h2H,1,3-4,6H2,(H,10,11). The van der Waals surface area contributed by atoms with Gasteiger partial charge < -0.3 is 10.1 Å². The van der Waals surface area contributed by atoms with E-state index in [0.717, 1.165) is 6.08 Å². The molecule has 1 aliphatic rings. The van der Waals surface area contributed by atoms with Crippen LogP contribution in [-0.4, -0.2) is 24.7 Å². The zero-order chi connectivity index (χ0) is 9.03. The first-order valence-electron chi connectivity index (χ1n) is 3.66. The molecule has 64 valence electrons. The van der Waals surface area contributed by atoms with Gasteiger partial charge in [0.15, 0.2) is 5.54 Å². The molecule has 1 rings (SSSR count). The summed E-state index contributed by atoms with van der Waals surface area (Å²) < 4.78 is 5.03. The molecule has 1 aliphatic heterocycles. The summed E-state index contributed by atoms with van der Waals surface area (Å²) in [7, 11) is 0. The third-order valence-electron chi connectivity index (χ3n) is 1.78. The number of nitrogens with zero attached hydrogens (tertiary/aromatic N) is 1. The van der Waals surface area contributed by atoms with Crippen molar-refractivity contribution in [2.75, 3.05) is 13.2 Å². The first-order chi connectivity index (χ1) is 5.72. The highest BCUT2D eigenvalue weighted by molar-refractivity contribution is 5.87. The van der Waals surface area contributed by atoms with Crippen molar-refractivity contribution in [1.29, 1.82) is 5.26 Å². The van der Waals surface area contributed by atoms with Crippen LogP contribution >= 0.6 is 0 Å². The average Bonchev–Trinajstić information content (AvgIpc) is 2.54. The fourth-order valence-electron chi connectivity index (χ4n) is 1.07. The lowest BCUT2D eigenvalue weighted by atomic mass is 10.0. The van der Waals surface area contributed by atoms with Crippen molar-refractivity contribution >= 4 is 5.91 Å². The number of carbonyl (C=O) groups excluding carboxylic acids is 1. The molecule has 4 nitrogen and oxygen atoms in total. The Bertz CT molecular complexity index is 236. The van der Waals surface area contributed by atoms with Gasteiger partial charge in [0, 0.05) is 6.42 Å². The molecule has 0 aliphatic carbocycles. The maximum absolute atomic E-state index is 10.9. The van der Waals surface area contributed by atoms with Crippen LogP contribution in [0, 0.1) is 11.3 Å².